The molecule has 0 heterocycles. The molecular formula is C12H26P2. The van der Waals surface area contributed by atoms with E-state index in [0.29, 0.717) is 0 Å². The summed E-state index contributed by atoms with van der Waals surface area (Å²) in [6, 6.07) is 0. The van der Waals surface area contributed by atoms with E-state index in [-0.39, 0.29) is 8.27 Å². The third kappa shape index (κ3) is 12.3. The minimum atomic E-state index is 0.110. The molecule has 0 saturated carbocycles. The summed E-state index contributed by atoms with van der Waals surface area (Å²) in [6.45, 7) is 4.50. The van der Waals surface area contributed by atoms with Crippen LogP contribution < -0.4 is 0 Å². The Morgan fingerprint density at radius 3 is 2.29 bits per heavy atom. The summed E-state index contributed by atoms with van der Waals surface area (Å²) in [7, 11) is 1.24. The van der Waals surface area contributed by atoms with Crippen molar-refractivity contribution in [3.05, 3.63) is 23.8 Å². The van der Waals surface area contributed by atoms with Gasteiger partial charge in [0.1, 0.15) is 0 Å². The van der Waals surface area contributed by atoms with E-state index < -0.39 is 0 Å². The van der Waals surface area contributed by atoms with Crippen molar-refractivity contribution in [1.82, 2.24) is 0 Å². The molecule has 0 radical (unpaired) electrons. The van der Waals surface area contributed by atoms with Gasteiger partial charge in [-0.25, -0.2) is 0 Å². The van der Waals surface area contributed by atoms with Gasteiger partial charge in [-0.05, 0) is 0 Å². The number of allylic oxidation sites excluding steroid dienone is 2. The first-order valence-electron chi connectivity index (χ1n) is 5.95. The van der Waals surface area contributed by atoms with Crippen LogP contribution in [0.15, 0.2) is 23.8 Å². The second-order valence-corrected chi connectivity index (χ2v) is 7.64. The van der Waals surface area contributed by atoms with Crippen molar-refractivity contribution < 1.29 is 0 Å². The van der Waals surface area contributed by atoms with Gasteiger partial charge in [-0.3, -0.25) is 0 Å². The van der Waals surface area contributed by atoms with Crippen LogP contribution in [0.5, 0.6) is 0 Å². The zero-order chi connectivity index (χ0) is 10.5. The van der Waals surface area contributed by atoms with Crippen LogP contribution in [0.3, 0.4) is 0 Å². The van der Waals surface area contributed by atoms with Gasteiger partial charge in [0.2, 0.25) is 0 Å². The van der Waals surface area contributed by atoms with E-state index >= 15 is 0 Å². The van der Waals surface area contributed by atoms with Crippen molar-refractivity contribution in [3.8, 4) is 0 Å². The maximum absolute atomic E-state index is 2.47. The number of rotatable bonds is 9. The van der Waals surface area contributed by atoms with Crippen molar-refractivity contribution in [3.63, 3.8) is 0 Å². The second kappa shape index (κ2) is 13.3. The van der Waals surface area contributed by atoms with E-state index in [1.54, 1.807) is 0 Å². The topological polar surface area (TPSA) is 0 Å². The molecule has 0 aromatic carbocycles. The van der Waals surface area contributed by atoms with E-state index in [9.17, 15) is 0 Å². The molecule has 1 unspecified atom stereocenters. The average molecular weight is 232 g/mol. The van der Waals surface area contributed by atoms with Crippen LogP contribution >= 0.6 is 16.5 Å². The van der Waals surface area contributed by atoms with E-state index in [4.69, 9.17) is 0 Å². The summed E-state index contributed by atoms with van der Waals surface area (Å²) in [5.41, 5.74) is 0. The fraction of sp³-hybridized carbons (Fsp3) is 0.667. The molecule has 0 fully saturated rings. The van der Waals surface area contributed by atoms with Crippen LogP contribution in [0.1, 0.15) is 52.4 Å². The van der Waals surface area contributed by atoms with E-state index in [1.807, 2.05) is 0 Å². The fourth-order valence-corrected chi connectivity index (χ4v) is 3.97. The zero-order valence-corrected chi connectivity index (χ0v) is 12.2. The van der Waals surface area contributed by atoms with Gasteiger partial charge in [-0.1, -0.05) is 0 Å². The number of hydrogen-bond donors (Lipinski definition) is 0. The predicted octanol–water partition coefficient (Wildman–Crippen LogP) is 5.13. The Balaban J connectivity index is 3.11. The fourth-order valence-electron chi connectivity index (χ4n) is 1.15. The van der Waals surface area contributed by atoms with Crippen molar-refractivity contribution in [2.45, 2.75) is 52.4 Å². The minimum absolute atomic E-state index is 0.110. The monoisotopic (exact) mass is 232 g/mol. The Hall–Kier alpha value is 0.340. The van der Waals surface area contributed by atoms with Gasteiger partial charge in [0.05, 0.1) is 0 Å². The SMILES string of the molecule is CCCC/C=C/P[PH3]/C=C/CCCC. The summed E-state index contributed by atoms with van der Waals surface area (Å²) in [5, 5.41) is 0. The van der Waals surface area contributed by atoms with Gasteiger partial charge in [-0.2, -0.15) is 0 Å². The molecule has 1 atom stereocenters. The zero-order valence-electron chi connectivity index (χ0n) is 9.76. The molecule has 0 aliphatic rings. The van der Waals surface area contributed by atoms with E-state index in [1.165, 1.54) is 38.5 Å². The summed E-state index contributed by atoms with van der Waals surface area (Å²) < 4.78 is 0. The molecule has 0 amide bonds. The van der Waals surface area contributed by atoms with Crippen LogP contribution in [-0.2, 0) is 0 Å². The van der Waals surface area contributed by atoms with Crippen molar-refractivity contribution in [1.29, 1.82) is 0 Å². The van der Waals surface area contributed by atoms with E-state index in [0.717, 1.165) is 8.27 Å². The molecule has 2 heteroatoms. The van der Waals surface area contributed by atoms with Gasteiger partial charge >= 0.3 is 92.7 Å². The molecule has 14 heavy (non-hydrogen) atoms. The number of unbranched alkanes of at least 4 members (excludes halogenated alkanes) is 4. The summed E-state index contributed by atoms with van der Waals surface area (Å²) in [6.07, 6.45) is 12.7. The summed E-state index contributed by atoms with van der Waals surface area (Å²) >= 11 is 0. The molecule has 0 spiro atoms. The first-order valence-corrected chi connectivity index (χ1v) is 10.2. The maximum atomic E-state index is 2.47. The molecule has 0 aliphatic carbocycles. The van der Waals surface area contributed by atoms with Crippen molar-refractivity contribution >= 4 is 16.5 Å². The van der Waals surface area contributed by atoms with Gasteiger partial charge in [0.25, 0.3) is 0 Å². The van der Waals surface area contributed by atoms with Crippen LogP contribution in [0.25, 0.3) is 0 Å². The third-order valence-corrected chi connectivity index (χ3v) is 5.48. The summed E-state index contributed by atoms with van der Waals surface area (Å²) in [4.78, 5) is 0. The quantitative estimate of drug-likeness (QED) is 0.382. The Morgan fingerprint density at radius 1 is 1.00 bits per heavy atom. The van der Waals surface area contributed by atoms with Crippen LogP contribution in [0, 0.1) is 0 Å². The van der Waals surface area contributed by atoms with Crippen LogP contribution in [0.4, 0.5) is 0 Å². The van der Waals surface area contributed by atoms with Gasteiger partial charge in [-0.15, -0.1) is 0 Å². The average Bonchev–Trinajstić information content (AvgIpc) is 2.21. The molecular weight excluding hydrogens is 206 g/mol. The van der Waals surface area contributed by atoms with Crippen molar-refractivity contribution in [2.24, 2.45) is 0 Å². The Labute approximate surface area is 93.1 Å². The molecule has 84 valence electrons. The number of hydrogen-bond acceptors (Lipinski definition) is 0. The molecule has 0 bridgehead atoms. The summed E-state index contributed by atoms with van der Waals surface area (Å²) in [5.74, 6) is 4.88. The van der Waals surface area contributed by atoms with Crippen molar-refractivity contribution in [2.75, 3.05) is 0 Å². The van der Waals surface area contributed by atoms with E-state index in [2.05, 4.69) is 37.6 Å². The Morgan fingerprint density at radius 2 is 1.64 bits per heavy atom. The van der Waals surface area contributed by atoms with Crippen LogP contribution in [-0.4, -0.2) is 0 Å². The van der Waals surface area contributed by atoms with Gasteiger partial charge in [0, 0.05) is 0 Å². The second-order valence-electron chi connectivity index (χ2n) is 3.57. The van der Waals surface area contributed by atoms with Crippen LogP contribution in [0.2, 0.25) is 0 Å². The molecule has 0 aliphatic heterocycles. The first-order chi connectivity index (χ1) is 6.91. The normalized spacial score (nSPS) is 13.0. The molecule has 0 aromatic heterocycles. The molecule has 0 saturated heterocycles. The Kier molecular flexibility index (Phi) is 13.7. The third-order valence-electron chi connectivity index (χ3n) is 2.09. The molecule has 0 rings (SSSR count). The molecule has 0 aromatic rings. The predicted molar refractivity (Wildman–Crippen MR) is 76.8 cm³/mol. The standard InChI is InChI=1S/C12H26P2/c1-3-5-7-9-11-13-14-12-10-8-6-4-2/h9-13H,3-8H2,1-2,14H3/b11-9+,12-10+. The molecule has 0 nitrogen and oxygen atoms in total. The first kappa shape index (κ1) is 14.3. The molecule has 0 N–H and O–H groups in total. The van der Waals surface area contributed by atoms with Gasteiger partial charge < -0.3 is 0 Å². The van der Waals surface area contributed by atoms with Gasteiger partial charge in [0.15, 0.2) is 0 Å². The Bertz CT molecular complexity index is 132.